The van der Waals surface area contributed by atoms with E-state index in [-0.39, 0.29) is 23.6 Å². The summed E-state index contributed by atoms with van der Waals surface area (Å²) in [5.41, 5.74) is 1.28. The number of likely N-dealkylation sites (N-methyl/N-ethyl adjacent to an activating group) is 1. The Bertz CT molecular complexity index is 1310. The summed E-state index contributed by atoms with van der Waals surface area (Å²) in [6.45, 7) is 3.33. The molecule has 34 heavy (non-hydrogen) atoms. The molecule has 1 aliphatic rings. The van der Waals surface area contributed by atoms with E-state index < -0.39 is 0 Å². The van der Waals surface area contributed by atoms with Crippen LogP contribution in [-0.4, -0.2) is 62.1 Å². The monoisotopic (exact) mass is 479 g/mol. The molecule has 1 atom stereocenters. The molecule has 0 spiro atoms. The molecule has 0 bridgehead atoms. The molecule has 0 aliphatic carbocycles. The second kappa shape index (κ2) is 9.68. The van der Waals surface area contributed by atoms with Crippen molar-refractivity contribution in [1.82, 2.24) is 24.6 Å². The third-order valence-corrected chi connectivity index (χ3v) is 6.45. The second-order valence-corrected chi connectivity index (χ2v) is 8.63. The number of para-hydroxylation sites is 2. The van der Waals surface area contributed by atoms with E-state index in [9.17, 15) is 9.18 Å². The van der Waals surface area contributed by atoms with E-state index >= 15 is 0 Å². The molecule has 0 unspecified atom stereocenters. The maximum absolute atomic E-state index is 13.3. The van der Waals surface area contributed by atoms with Crippen LogP contribution in [-0.2, 0) is 4.79 Å². The van der Waals surface area contributed by atoms with E-state index in [1.54, 1.807) is 27.9 Å². The Hall–Kier alpha value is -3.66. The molecular weight excluding hydrogens is 457 g/mol. The highest BCUT2D eigenvalue weighted by Gasteiger charge is 2.25. The third kappa shape index (κ3) is 4.54. The minimum absolute atomic E-state index is 0.0207. The number of rotatable bonds is 7. The zero-order valence-corrected chi connectivity index (χ0v) is 19.2. The predicted octanol–water partition coefficient (Wildman–Crippen LogP) is 3.74. The number of thioether (sulfide) groups is 1. The van der Waals surface area contributed by atoms with Gasteiger partial charge in [-0.25, -0.2) is 19.0 Å². The summed E-state index contributed by atoms with van der Waals surface area (Å²) < 4.78 is 26.7. The lowest BCUT2D eigenvalue weighted by Crippen LogP contribution is -2.44. The predicted molar refractivity (Wildman–Crippen MR) is 126 cm³/mol. The minimum atomic E-state index is -0.320. The summed E-state index contributed by atoms with van der Waals surface area (Å²) in [4.78, 5) is 23.4. The van der Waals surface area contributed by atoms with Gasteiger partial charge in [0.2, 0.25) is 5.91 Å². The molecular formula is C24H22FN5O3S. The number of carbonyl (C=O) groups excluding carboxylic acids is 1. The zero-order chi connectivity index (χ0) is 23.5. The number of carbonyl (C=O) groups is 1. The Morgan fingerprint density at radius 1 is 1.18 bits per heavy atom. The van der Waals surface area contributed by atoms with Gasteiger partial charge in [0, 0.05) is 6.54 Å². The van der Waals surface area contributed by atoms with Gasteiger partial charge in [0.1, 0.15) is 23.8 Å². The molecule has 10 heteroatoms. The second-order valence-electron chi connectivity index (χ2n) is 7.67. The van der Waals surface area contributed by atoms with Crippen molar-refractivity contribution in [3.63, 3.8) is 0 Å². The Kier molecular flexibility index (Phi) is 6.31. The van der Waals surface area contributed by atoms with Crippen LogP contribution in [0.25, 0.3) is 16.7 Å². The summed E-state index contributed by atoms with van der Waals surface area (Å²) in [6.07, 6.45) is 2.87. The van der Waals surface area contributed by atoms with Gasteiger partial charge in [-0.2, -0.15) is 5.10 Å². The maximum atomic E-state index is 13.3. The first-order valence-electron chi connectivity index (χ1n) is 10.9. The van der Waals surface area contributed by atoms with Crippen molar-refractivity contribution in [2.75, 3.05) is 25.4 Å². The molecule has 3 heterocycles. The summed E-state index contributed by atoms with van der Waals surface area (Å²) in [5, 5.41) is 5.77. The molecule has 0 saturated carbocycles. The number of benzene rings is 2. The van der Waals surface area contributed by atoms with Crippen molar-refractivity contribution < 1.29 is 18.7 Å². The first-order chi connectivity index (χ1) is 16.6. The fourth-order valence-electron chi connectivity index (χ4n) is 3.74. The molecule has 8 nitrogen and oxygen atoms in total. The number of nitrogens with zero attached hydrogens (tertiary/aromatic N) is 5. The van der Waals surface area contributed by atoms with Crippen molar-refractivity contribution in [2.45, 2.75) is 18.1 Å². The van der Waals surface area contributed by atoms with E-state index in [0.29, 0.717) is 41.8 Å². The average Bonchev–Trinajstić information content (AvgIpc) is 3.31. The minimum Gasteiger partial charge on any atom is -0.486 e. The number of halogens is 1. The Balaban J connectivity index is 1.25. The maximum Gasteiger partial charge on any atom is 0.233 e. The van der Waals surface area contributed by atoms with Crippen molar-refractivity contribution >= 4 is 28.7 Å². The van der Waals surface area contributed by atoms with Gasteiger partial charge in [-0.3, -0.25) is 4.79 Å². The first-order valence-corrected chi connectivity index (χ1v) is 11.8. The van der Waals surface area contributed by atoms with Crippen LogP contribution >= 0.6 is 11.8 Å². The van der Waals surface area contributed by atoms with E-state index in [1.807, 2.05) is 31.2 Å². The van der Waals surface area contributed by atoms with Crippen molar-refractivity contribution in [3.05, 3.63) is 66.9 Å². The fourth-order valence-corrected chi connectivity index (χ4v) is 4.60. The van der Waals surface area contributed by atoms with E-state index in [4.69, 9.17) is 9.47 Å². The van der Waals surface area contributed by atoms with Crippen LogP contribution in [0.2, 0.25) is 0 Å². The van der Waals surface area contributed by atoms with E-state index in [0.717, 1.165) is 11.1 Å². The van der Waals surface area contributed by atoms with Gasteiger partial charge in [-0.15, -0.1) is 0 Å². The molecule has 4 aromatic rings. The van der Waals surface area contributed by atoms with Crippen LogP contribution < -0.4 is 9.47 Å². The summed E-state index contributed by atoms with van der Waals surface area (Å²) in [7, 11) is 0. The highest BCUT2D eigenvalue weighted by atomic mass is 32.2. The van der Waals surface area contributed by atoms with Gasteiger partial charge < -0.3 is 14.4 Å². The third-order valence-electron chi connectivity index (χ3n) is 5.46. The Morgan fingerprint density at radius 2 is 1.97 bits per heavy atom. The van der Waals surface area contributed by atoms with Gasteiger partial charge in [-0.05, 0) is 43.3 Å². The largest absolute Gasteiger partial charge is 0.486 e. The summed E-state index contributed by atoms with van der Waals surface area (Å²) in [6, 6.07) is 13.5. The van der Waals surface area contributed by atoms with Crippen LogP contribution in [0.3, 0.4) is 0 Å². The number of ether oxygens (including phenoxy) is 2. The number of aromatic nitrogens is 4. The molecule has 174 valence electrons. The zero-order valence-electron chi connectivity index (χ0n) is 18.4. The van der Waals surface area contributed by atoms with Crippen LogP contribution in [0.5, 0.6) is 11.5 Å². The van der Waals surface area contributed by atoms with Gasteiger partial charge in [0.15, 0.2) is 23.3 Å². The number of fused-ring (bicyclic) bond motifs is 2. The topological polar surface area (TPSA) is 82.4 Å². The normalized spacial score (nSPS) is 14.8. The van der Waals surface area contributed by atoms with Crippen LogP contribution in [0.1, 0.15) is 6.92 Å². The lowest BCUT2D eigenvalue weighted by Gasteiger charge is -2.30. The van der Waals surface area contributed by atoms with Crippen molar-refractivity contribution in [3.8, 4) is 17.2 Å². The molecule has 5 rings (SSSR count). The molecule has 0 fully saturated rings. The molecule has 0 radical (unpaired) electrons. The number of hydrogen-bond donors (Lipinski definition) is 0. The molecule has 1 amide bonds. The highest BCUT2D eigenvalue weighted by Crippen LogP contribution is 2.31. The Morgan fingerprint density at radius 3 is 2.76 bits per heavy atom. The molecule has 0 saturated heterocycles. The number of hydrogen-bond acceptors (Lipinski definition) is 7. The molecule has 2 aromatic carbocycles. The van der Waals surface area contributed by atoms with Crippen molar-refractivity contribution in [1.29, 1.82) is 0 Å². The van der Waals surface area contributed by atoms with Crippen LogP contribution in [0.15, 0.2) is 66.1 Å². The lowest BCUT2D eigenvalue weighted by molar-refractivity contribution is -0.129. The Labute approximate surface area is 199 Å². The quantitative estimate of drug-likeness (QED) is 0.295. The lowest BCUT2D eigenvalue weighted by atomic mass is 10.2. The van der Waals surface area contributed by atoms with Crippen molar-refractivity contribution in [2.24, 2.45) is 0 Å². The highest BCUT2D eigenvalue weighted by molar-refractivity contribution is 8.00. The van der Waals surface area contributed by atoms with Gasteiger partial charge in [0.25, 0.3) is 0 Å². The standard InChI is InChI=1S/C24H22FN5O3S/c1-2-29(12-18-13-32-20-5-3-4-6-21(20)33-18)22(31)14-34-24-19-11-28-30(23(19)26-15-27-24)17-9-7-16(25)8-10-17/h3-11,15,18H,2,12-14H2,1H3/t18-/m1/s1. The molecule has 1 aliphatic heterocycles. The average molecular weight is 480 g/mol. The SMILES string of the molecule is CCN(C[C@@H]1COc2ccccc2O1)C(=O)CSc1ncnc2c1cnn2-c1ccc(F)cc1. The smallest absolute Gasteiger partial charge is 0.233 e. The van der Waals surface area contributed by atoms with Gasteiger partial charge >= 0.3 is 0 Å². The van der Waals surface area contributed by atoms with Gasteiger partial charge in [0.05, 0.1) is 29.6 Å². The molecule has 2 aromatic heterocycles. The number of amides is 1. The summed E-state index contributed by atoms with van der Waals surface area (Å²) >= 11 is 1.34. The van der Waals surface area contributed by atoms with Crippen LogP contribution in [0.4, 0.5) is 4.39 Å². The fraction of sp³-hybridized carbons (Fsp3) is 0.250. The first kappa shape index (κ1) is 22.1. The van der Waals surface area contributed by atoms with Gasteiger partial charge in [-0.1, -0.05) is 23.9 Å². The van der Waals surface area contributed by atoms with E-state index in [1.165, 1.54) is 30.2 Å². The summed E-state index contributed by atoms with van der Waals surface area (Å²) in [5.74, 6) is 1.29. The van der Waals surface area contributed by atoms with Crippen LogP contribution in [0, 0.1) is 5.82 Å². The molecule has 0 N–H and O–H groups in total. The van der Waals surface area contributed by atoms with E-state index in [2.05, 4.69) is 15.1 Å².